The first kappa shape index (κ1) is 14.7. The molecule has 0 aliphatic carbocycles. The van der Waals surface area contributed by atoms with Crippen LogP contribution in [0.15, 0.2) is 9.79 Å². The van der Waals surface area contributed by atoms with Gasteiger partial charge in [0.1, 0.15) is 0 Å². The predicted molar refractivity (Wildman–Crippen MR) is 63.7 cm³/mol. The number of unbranched alkanes of at least 4 members (excludes halogenated alkanes) is 1. The van der Waals surface area contributed by atoms with Crippen molar-refractivity contribution in [2.24, 2.45) is 0 Å². The Morgan fingerprint density at radius 1 is 0.882 bits per heavy atom. The molecule has 0 aliphatic heterocycles. The molecule has 17 heavy (non-hydrogen) atoms. The van der Waals surface area contributed by atoms with Crippen LogP contribution in [0.5, 0.6) is 0 Å². The Balaban J connectivity index is 3.13. The van der Waals surface area contributed by atoms with Crippen molar-refractivity contribution in [3.63, 3.8) is 0 Å². The number of hydrogen-bond acceptors (Lipinski definition) is 2. The summed E-state index contributed by atoms with van der Waals surface area (Å²) < 4.78 is 53.8. The lowest BCUT2D eigenvalue weighted by Gasteiger charge is -2.09. The number of benzene rings is 1. The lowest BCUT2D eigenvalue weighted by molar-refractivity contribution is 0.401. The van der Waals surface area contributed by atoms with Crippen molar-refractivity contribution in [2.45, 2.75) is 29.6 Å². The SMILES string of the molecule is CCCCSc1c(F)c(F)c(SC)c(F)c1F. The van der Waals surface area contributed by atoms with Crippen LogP contribution in [-0.4, -0.2) is 12.0 Å². The zero-order chi connectivity index (χ0) is 13.0. The molecule has 0 nitrogen and oxygen atoms in total. The van der Waals surface area contributed by atoms with Crippen LogP contribution in [0, 0.1) is 23.3 Å². The second kappa shape index (κ2) is 6.54. The summed E-state index contributed by atoms with van der Waals surface area (Å²) in [6.07, 6.45) is 2.95. The smallest absolute Gasteiger partial charge is 0.176 e. The summed E-state index contributed by atoms with van der Waals surface area (Å²) in [5.74, 6) is -4.78. The van der Waals surface area contributed by atoms with E-state index in [0.717, 1.165) is 24.6 Å². The molecule has 96 valence electrons. The molecule has 0 aliphatic rings. The third kappa shape index (κ3) is 3.10. The van der Waals surface area contributed by atoms with E-state index in [0.29, 0.717) is 17.5 Å². The fourth-order valence-electron chi connectivity index (χ4n) is 1.22. The Labute approximate surface area is 106 Å². The Morgan fingerprint density at radius 2 is 1.35 bits per heavy atom. The van der Waals surface area contributed by atoms with Crippen molar-refractivity contribution >= 4 is 23.5 Å². The summed E-state index contributed by atoms with van der Waals surface area (Å²) in [7, 11) is 0. The van der Waals surface area contributed by atoms with Crippen molar-refractivity contribution in [3.8, 4) is 0 Å². The minimum absolute atomic E-state index is 0.432. The predicted octanol–water partition coefficient (Wildman–Crippen LogP) is 4.86. The number of halogens is 4. The Hall–Kier alpha value is -0.360. The molecule has 1 aromatic rings. The first-order chi connectivity index (χ1) is 8.04. The molecule has 0 unspecified atom stereocenters. The van der Waals surface area contributed by atoms with E-state index in [1.54, 1.807) is 0 Å². The molecule has 6 heteroatoms. The molecule has 0 fully saturated rings. The summed E-state index contributed by atoms with van der Waals surface area (Å²) in [4.78, 5) is -1.17. The third-order valence-electron chi connectivity index (χ3n) is 2.13. The summed E-state index contributed by atoms with van der Waals surface area (Å²) in [6, 6.07) is 0. The minimum atomic E-state index is -1.31. The molecule has 0 radical (unpaired) electrons. The maximum Gasteiger partial charge on any atom is 0.176 e. The van der Waals surface area contributed by atoms with Crippen LogP contribution < -0.4 is 0 Å². The summed E-state index contributed by atoms with van der Waals surface area (Å²) in [6.45, 7) is 1.92. The van der Waals surface area contributed by atoms with Crippen molar-refractivity contribution in [1.29, 1.82) is 0 Å². The largest absolute Gasteiger partial charge is 0.202 e. The molecular weight excluding hydrogens is 272 g/mol. The molecule has 0 atom stereocenters. The second-order valence-corrected chi connectivity index (χ2v) is 5.24. The average molecular weight is 284 g/mol. The standard InChI is InChI=1S/C11H12F4S2/c1-3-4-5-17-11-8(14)6(12)10(16-2)7(13)9(11)15/h3-5H2,1-2H3. The van der Waals surface area contributed by atoms with Gasteiger partial charge in [0.2, 0.25) is 0 Å². The van der Waals surface area contributed by atoms with Gasteiger partial charge in [-0.3, -0.25) is 0 Å². The van der Waals surface area contributed by atoms with Crippen LogP contribution in [0.2, 0.25) is 0 Å². The lowest BCUT2D eigenvalue weighted by Crippen LogP contribution is -2.01. The van der Waals surface area contributed by atoms with Crippen molar-refractivity contribution < 1.29 is 17.6 Å². The van der Waals surface area contributed by atoms with Gasteiger partial charge in [-0.1, -0.05) is 13.3 Å². The average Bonchev–Trinajstić information content (AvgIpc) is 2.32. The quantitative estimate of drug-likeness (QED) is 0.328. The molecule has 0 heterocycles. The highest BCUT2D eigenvalue weighted by atomic mass is 32.2. The molecule has 0 N–H and O–H groups in total. The first-order valence-electron chi connectivity index (χ1n) is 5.07. The van der Waals surface area contributed by atoms with Crippen LogP contribution in [0.3, 0.4) is 0 Å². The van der Waals surface area contributed by atoms with Gasteiger partial charge >= 0.3 is 0 Å². The van der Waals surface area contributed by atoms with Crippen LogP contribution in [0.1, 0.15) is 19.8 Å². The fraction of sp³-hybridized carbons (Fsp3) is 0.455. The van der Waals surface area contributed by atoms with E-state index >= 15 is 0 Å². The van der Waals surface area contributed by atoms with Gasteiger partial charge in [-0.25, -0.2) is 17.6 Å². The highest BCUT2D eigenvalue weighted by Crippen LogP contribution is 2.35. The van der Waals surface area contributed by atoms with Gasteiger partial charge in [-0.05, 0) is 18.4 Å². The van der Waals surface area contributed by atoms with E-state index in [4.69, 9.17) is 0 Å². The topological polar surface area (TPSA) is 0 Å². The number of rotatable bonds is 5. The van der Waals surface area contributed by atoms with E-state index in [-0.39, 0.29) is 0 Å². The van der Waals surface area contributed by atoms with E-state index in [1.165, 1.54) is 6.26 Å². The van der Waals surface area contributed by atoms with Crippen molar-refractivity contribution in [2.75, 3.05) is 12.0 Å². The molecular formula is C11H12F4S2. The highest BCUT2D eigenvalue weighted by Gasteiger charge is 2.24. The number of thioether (sulfide) groups is 2. The zero-order valence-corrected chi connectivity index (χ0v) is 11.1. The summed E-state index contributed by atoms with van der Waals surface area (Å²) in [5.41, 5.74) is 0. The van der Waals surface area contributed by atoms with Gasteiger partial charge in [0.15, 0.2) is 23.3 Å². The second-order valence-electron chi connectivity index (χ2n) is 3.32. The molecule has 0 saturated heterocycles. The monoisotopic (exact) mass is 284 g/mol. The first-order valence-corrected chi connectivity index (χ1v) is 7.28. The van der Waals surface area contributed by atoms with Gasteiger partial charge < -0.3 is 0 Å². The van der Waals surface area contributed by atoms with E-state index in [9.17, 15) is 17.6 Å². The van der Waals surface area contributed by atoms with Gasteiger partial charge in [0.25, 0.3) is 0 Å². The molecule has 1 aromatic carbocycles. The zero-order valence-electron chi connectivity index (χ0n) is 9.45. The fourth-order valence-corrected chi connectivity index (χ4v) is 2.82. The third-order valence-corrected chi connectivity index (χ3v) is 4.04. The van der Waals surface area contributed by atoms with Gasteiger partial charge in [-0.15, -0.1) is 23.5 Å². The molecule has 0 aromatic heterocycles. The normalized spacial score (nSPS) is 10.9. The van der Waals surface area contributed by atoms with Gasteiger partial charge in [0.05, 0.1) is 9.79 Å². The molecule has 1 rings (SSSR count). The molecule has 0 bridgehead atoms. The molecule has 0 amide bonds. The highest BCUT2D eigenvalue weighted by molar-refractivity contribution is 7.99. The summed E-state index contributed by atoms with van der Waals surface area (Å²) in [5, 5.41) is 0. The molecule has 0 saturated carbocycles. The van der Waals surface area contributed by atoms with E-state index in [2.05, 4.69) is 0 Å². The van der Waals surface area contributed by atoms with Crippen LogP contribution in [0.25, 0.3) is 0 Å². The maximum absolute atomic E-state index is 13.5. The van der Waals surface area contributed by atoms with Crippen molar-refractivity contribution in [1.82, 2.24) is 0 Å². The van der Waals surface area contributed by atoms with Crippen LogP contribution in [0.4, 0.5) is 17.6 Å². The van der Waals surface area contributed by atoms with Gasteiger partial charge in [0, 0.05) is 0 Å². The number of hydrogen-bond donors (Lipinski definition) is 0. The van der Waals surface area contributed by atoms with E-state index < -0.39 is 33.1 Å². The van der Waals surface area contributed by atoms with Crippen molar-refractivity contribution in [3.05, 3.63) is 23.3 Å². The van der Waals surface area contributed by atoms with Crippen LogP contribution >= 0.6 is 23.5 Å². The Kier molecular flexibility index (Phi) is 5.66. The Bertz CT molecular complexity index is 378. The maximum atomic E-state index is 13.5. The Morgan fingerprint density at radius 3 is 1.76 bits per heavy atom. The lowest BCUT2D eigenvalue weighted by atomic mass is 10.3. The summed E-state index contributed by atoms with van der Waals surface area (Å²) >= 11 is 1.45. The minimum Gasteiger partial charge on any atom is -0.202 e. The van der Waals surface area contributed by atoms with E-state index in [1.807, 2.05) is 6.92 Å². The van der Waals surface area contributed by atoms with Crippen LogP contribution in [-0.2, 0) is 0 Å². The van der Waals surface area contributed by atoms with Gasteiger partial charge in [-0.2, -0.15) is 0 Å². The molecule has 0 spiro atoms.